The van der Waals surface area contributed by atoms with Crippen LogP contribution in [0.25, 0.3) is 11.1 Å². The average Bonchev–Trinajstić information content (AvgIpc) is 2.70. The van der Waals surface area contributed by atoms with Gasteiger partial charge in [0.2, 0.25) is 5.89 Å². The second-order valence-corrected chi connectivity index (χ2v) is 5.36. The van der Waals surface area contributed by atoms with Crippen LogP contribution < -0.4 is 5.73 Å². The van der Waals surface area contributed by atoms with Crippen molar-refractivity contribution in [3.05, 3.63) is 24.1 Å². The minimum absolute atomic E-state index is 0.139. The van der Waals surface area contributed by atoms with Crippen molar-refractivity contribution in [1.82, 2.24) is 9.88 Å². The molecule has 2 N–H and O–H groups in total. The van der Waals surface area contributed by atoms with E-state index in [9.17, 15) is 0 Å². The van der Waals surface area contributed by atoms with Gasteiger partial charge in [-0.3, -0.25) is 4.90 Å². The maximum Gasteiger partial charge on any atom is 0.209 e. The standard InChI is InChI=1S/C14H21N3O/c1-5-14(2,3)17(4)9-13-16-11-8-10(15)6-7-12(11)18-13/h6-8H,5,9,15H2,1-4H3. The zero-order chi connectivity index (χ0) is 13.3. The number of fused-ring (bicyclic) bond motifs is 1. The molecule has 0 fully saturated rings. The summed E-state index contributed by atoms with van der Waals surface area (Å²) >= 11 is 0. The third-order valence-corrected chi connectivity index (χ3v) is 3.73. The van der Waals surface area contributed by atoms with Crippen molar-refractivity contribution in [3.8, 4) is 0 Å². The van der Waals surface area contributed by atoms with E-state index in [-0.39, 0.29) is 5.54 Å². The summed E-state index contributed by atoms with van der Waals surface area (Å²) in [4.78, 5) is 6.72. The molecule has 1 aromatic heterocycles. The summed E-state index contributed by atoms with van der Waals surface area (Å²) in [6.07, 6.45) is 1.08. The van der Waals surface area contributed by atoms with Crippen molar-refractivity contribution >= 4 is 16.8 Å². The minimum Gasteiger partial charge on any atom is -0.439 e. The highest BCUT2D eigenvalue weighted by molar-refractivity contribution is 5.76. The van der Waals surface area contributed by atoms with Crippen molar-refractivity contribution in [2.75, 3.05) is 12.8 Å². The lowest BCUT2D eigenvalue weighted by Gasteiger charge is -2.33. The second kappa shape index (κ2) is 4.61. The Bertz CT molecular complexity index is 545. The third kappa shape index (κ3) is 2.48. The van der Waals surface area contributed by atoms with E-state index in [0.29, 0.717) is 12.2 Å². The lowest BCUT2D eigenvalue weighted by molar-refractivity contribution is 0.131. The van der Waals surface area contributed by atoms with Gasteiger partial charge in [0, 0.05) is 11.2 Å². The maximum absolute atomic E-state index is 5.73. The Kier molecular flexibility index (Phi) is 3.30. The van der Waals surface area contributed by atoms with Gasteiger partial charge in [0.1, 0.15) is 5.52 Å². The molecule has 98 valence electrons. The summed E-state index contributed by atoms with van der Waals surface area (Å²) in [7, 11) is 2.09. The van der Waals surface area contributed by atoms with E-state index in [1.165, 1.54) is 0 Å². The summed E-state index contributed by atoms with van der Waals surface area (Å²) in [5, 5.41) is 0. The molecule has 0 saturated heterocycles. The van der Waals surface area contributed by atoms with Crippen LogP contribution in [0, 0.1) is 0 Å². The van der Waals surface area contributed by atoms with Crippen molar-refractivity contribution < 1.29 is 4.42 Å². The number of aromatic nitrogens is 1. The first-order valence-electron chi connectivity index (χ1n) is 6.28. The number of hydrogen-bond acceptors (Lipinski definition) is 4. The molecule has 4 nitrogen and oxygen atoms in total. The number of hydrogen-bond donors (Lipinski definition) is 1. The summed E-state index contributed by atoms with van der Waals surface area (Å²) in [6.45, 7) is 7.32. The van der Waals surface area contributed by atoms with Crippen LogP contribution in [0.1, 0.15) is 33.1 Å². The quantitative estimate of drug-likeness (QED) is 0.844. The van der Waals surface area contributed by atoms with Crippen molar-refractivity contribution in [3.63, 3.8) is 0 Å². The number of benzene rings is 1. The predicted molar refractivity (Wildman–Crippen MR) is 74.3 cm³/mol. The maximum atomic E-state index is 5.73. The van der Waals surface area contributed by atoms with E-state index in [1.807, 2.05) is 18.2 Å². The fraction of sp³-hybridized carbons (Fsp3) is 0.500. The van der Waals surface area contributed by atoms with Crippen molar-refractivity contribution in [1.29, 1.82) is 0 Å². The molecule has 1 aromatic carbocycles. The first-order valence-corrected chi connectivity index (χ1v) is 6.28. The molecule has 0 aliphatic rings. The zero-order valence-corrected chi connectivity index (χ0v) is 11.5. The predicted octanol–water partition coefficient (Wildman–Crippen LogP) is 3.03. The van der Waals surface area contributed by atoms with E-state index in [2.05, 4.69) is 37.7 Å². The third-order valence-electron chi connectivity index (χ3n) is 3.73. The minimum atomic E-state index is 0.139. The molecule has 0 amide bonds. The Morgan fingerprint density at radius 2 is 2.11 bits per heavy atom. The smallest absolute Gasteiger partial charge is 0.209 e. The van der Waals surface area contributed by atoms with Crippen LogP contribution in [-0.4, -0.2) is 22.5 Å². The Morgan fingerprint density at radius 3 is 2.78 bits per heavy atom. The van der Waals surface area contributed by atoms with Gasteiger partial charge in [-0.15, -0.1) is 0 Å². The van der Waals surface area contributed by atoms with Gasteiger partial charge < -0.3 is 10.2 Å². The molecule has 2 rings (SSSR count). The highest BCUT2D eigenvalue weighted by atomic mass is 16.3. The van der Waals surface area contributed by atoms with Gasteiger partial charge in [0.25, 0.3) is 0 Å². The van der Waals surface area contributed by atoms with Gasteiger partial charge in [-0.05, 0) is 45.5 Å². The van der Waals surface area contributed by atoms with Gasteiger partial charge in [0.15, 0.2) is 5.58 Å². The summed E-state index contributed by atoms with van der Waals surface area (Å²) in [5.74, 6) is 0.736. The van der Waals surface area contributed by atoms with E-state index >= 15 is 0 Å². The molecule has 2 aromatic rings. The summed E-state index contributed by atoms with van der Waals surface area (Å²) < 4.78 is 5.73. The molecule has 0 atom stereocenters. The molecular weight excluding hydrogens is 226 g/mol. The molecule has 18 heavy (non-hydrogen) atoms. The molecule has 0 spiro atoms. The largest absolute Gasteiger partial charge is 0.439 e. The van der Waals surface area contributed by atoms with Crippen LogP contribution in [0.3, 0.4) is 0 Å². The second-order valence-electron chi connectivity index (χ2n) is 5.36. The van der Waals surface area contributed by atoms with Gasteiger partial charge in [-0.1, -0.05) is 6.92 Å². The number of rotatable bonds is 4. The van der Waals surface area contributed by atoms with E-state index in [1.54, 1.807) is 0 Å². The van der Waals surface area contributed by atoms with Crippen LogP contribution >= 0.6 is 0 Å². The molecular formula is C14H21N3O. The lowest BCUT2D eigenvalue weighted by Crippen LogP contribution is -2.39. The van der Waals surface area contributed by atoms with Crippen molar-refractivity contribution in [2.24, 2.45) is 0 Å². The van der Waals surface area contributed by atoms with Crippen LogP contribution in [0.15, 0.2) is 22.6 Å². The molecule has 1 heterocycles. The molecule has 0 unspecified atom stereocenters. The first-order chi connectivity index (χ1) is 8.42. The number of oxazole rings is 1. The van der Waals surface area contributed by atoms with Gasteiger partial charge in [-0.2, -0.15) is 0 Å². The number of nitrogens with two attached hydrogens (primary N) is 1. The number of nitrogens with zero attached hydrogens (tertiary/aromatic N) is 2. The van der Waals surface area contributed by atoms with Gasteiger partial charge in [0.05, 0.1) is 6.54 Å². The highest BCUT2D eigenvalue weighted by Gasteiger charge is 2.22. The normalized spacial score (nSPS) is 12.5. The van der Waals surface area contributed by atoms with E-state index < -0.39 is 0 Å². The fourth-order valence-electron chi connectivity index (χ4n) is 1.75. The van der Waals surface area contributed by atoms with Crippen molar-refractivity contribution in [2.45, 2.75) is 39.3 Å². The molecule has 0 aliphatic heterocycles. The zero-order valence-electron chi connectivity index (χ0n) is 11.5. The van der Waals surface area contributed by atoms with E-state index in [4.69, 9.17) is 10.2 Å². The monoisotopic (exact) mass is 247 g/mol. The van der Waals surface area contributed by atoms with E-state index in [0.717, 1.165) is 23.4 Å². The van der Waals surface area contributed by atoms with Crippen LogP contribution in [0.5, 0.6) is 0 Å². The molecule has 4 heteroatoms. The average molecular weight is 247 g/mol. The fourth-order valence-corrected chi connectivity index (χ4v) is 1.75. The number of nitrogen functional groups attached to an aromatic ring is 1. The SMILES string of the molecule is CCC(C)(C)N(C)Cc1nc2cc(N)ccc2o1. The topological polar surface area (TPSA) is 55.3 Å². The Labute approximate surface area is 108 Å². The van der Waals surface area contributed by atoms with Crippen LogP contribution in [0.4, 0.5) is 5.69 Å². The Hall–Kier alpha value is -1.55. The Balaban J connectivity index is 2.22. The summed E-state index contributed by atoms with van der Waals surface area (Å²) in [5.41, 5.74) is 8.20. The van der Waals surface area contributed by atoms with Crippen LogP contribution in [-0.2, 0) is 6.54 Å². The highest BCUT2D eigenvalue weighted by Crippen LogP contribution is 2.22. The first kappa shape index (κ1) is 12.9. The van der Waals surface area contributed by atoms with Crippen LogP contribution in [0.2, 0.25) is 0 Å². The molecule has 0 aliphatic carbocycles. The molecule has 0 bridgehead atoms. The molecule has 0 saturated carbocycles. The molecule has 0 radical (unpaired) electrons. The number of anilines is 1. The lowest BCUT2D eigenvalue weighted by atomic mass is 10.0. The summed E-state index contributed by atoms with van der Waals surface area (Å²) in [6, 6.07) is 5.54. The van der Waals surface area contributed by atoms with Gasteiger partial charge in [-0.25, -0.2) is 4.98 Å². The van der Waals surface area contributed by atoms with Gasteiger partial charge >= 0.3 is 0 Å². The Morgan fingerprint density at radius 1 is 1.39 bits per heavy atom.